The maximum absolute atomic E-state index is 13.5. The van der Waals surface area contributed by atoms with Gasteiger partial charge in [0.05, 0.1) is 11.7 Å². The zero-order valence-electron chi connectivity index (χ0n) is 12.2. The molecule has 2 aromatic carbocycles. The molecule has 1 aliphatic heterocycles. The van der Waals surface area contributed by atoms with Gasteiger partial charge in [0.1, 0.15) is 23.6 Å². The topological polar surface area (TPSA) is 63.6 Å². The van der Waals surface area contributed by atoms with Crippen LogP contribution in [0.15, 0.2) is 46.0 Å². The lowest BCUT2D eigenvalue weighted by molar-refractivity contribution is -0.108. The molecule has 1 heterocycles. The largest absolute Gasteiger partial charge is 0.456 e. The number of rotatable bonds is 4. The van der Waals surface area contributed by atoms with Crippen LogP contribution in [0.1, 0.15) is 22.6 Å². The number of halogens is 2. The van der Waals surface area contributed by atoms with Crippen molar-refractivity contribution < 1.29 is 22.7 Å². The van der Waals surface area contributed by atoms with Crippen molar-refractivity contribution in [3.8, 4) is 5.75 Å². The number of hydrogen-bond donors (Lipinski definition) is 1. The Labute approximate surface area is 154 Å². The molecule has 0 radical (unpaired) electrons. The van der Waals surface area contributed by atoms with Gasteiger partial charge in [-0.05, 0) is 46.4 Å². The van der Waals surface area contributed by atoms with Crippen molar-refractivity contribution in [1.29, 1.82) is 0 Å². The maximum Gasteiger partial charge on any atom is 0.157 e. The second-order valence-electron chi connectivity index (χ2n) is 5.24. The maximum atomic E-state index is 13.5. The first kappa shape index (κ1) is 17.2. The van der Waals surface area contributed by atoms with Crippen LogP contribution in [0.4, 0.5) is 4.39 Å². The van der Waals surface area contributed by atoms with Gasteiger partial charge in [0.15, 0.2) is 11.1 Å². The molecule has 0 spiro atoms. The number of carbonyl (C=O) groups excluding carboxylic acids is 1. The minimum Gasteiger partial charge on any atom is -0.456 e. The predicted molar refractivity (Wildman–Crippen MR) is 97.7 cm³/mol. The van der Waals surface area contributed by atoms with Crippen LogP contribution in [0, 0.1) is 5.82 Å². The lowest BCUT2D eigenvalue weighted by Crippen LogP contribution is -2.13. The zero-order valence-corrected chi connectivity index (χ0v) is 15.2. The monoisotopic (exact) mass is 458 g/mol. The first-order chi connectivity index (χ1) is 11.5. The predicted octanol–water partition coefficient (Wildman–Crippen LogP) is 4.03. The SMILES string of the molecule is O=CC1C(I)=C(c2ccc(CS(=O)O)cc2)Oc2ccc(F)cc21. The third-order valence-electron chi connectivity index (χ3n) is 3.65. The Balaban J connectivity index is 2.00. The summed E-state index contributed by atoms with van der Waals surface area (Å²) in [7, 11) is 0. The smallest absolute Gasteiger partial charge is 0.157 e. The van der Waals surface area contributed by atoms with Gasteiger partial charge in [-0.3, -0.25) is 0 Å². The molecular weight excluding hydrogens is 446 g/mol. The molecule has 0 fully saturated rings. The summed E-state index contributed by atoms with van der Waals surface area (Å²) in [5.41, 5.74) is 1.97. The molecule has 0 aliphatic carbocycles. The number of hydrogen-bond acceptors (Lipinski definition) is 3. The summed E-state index contributed by atoms with van der Waals surface area (Å²) < 4.78 is 39.8. The van der Waals surface area contributed by atoms with Gasteiger partial charge in [-0.25, -0.2) is 8.60 Å². The van der Waals surface area contributed by atoms with E-state index in [2.05, 4.69) is 0 Å². The van der Waals surface area contributed by atoms with E-state index >= 15 is 0 Å². The van der Waals surface area contributed by atoms with Crippen LogP contribution >= 0.6 is 22.6 Å². The van der Waals surface area contributed by atoms with Gasteiger partial charge in [-0.15, -0.1) is 0 Å². The number of carbonyl (C=O) groups is 1. The summed E-state index contributed by atoms with van der Waals surface area (Å²) >= 11 is 0.133. The van der Waals surface area contributed by atoms with Crippen molar-refractivity contribution in [3.63, 3.8) is 0 Å². The fourth-order valence-electron chi connectivity index (χ4n) is 2.52. The fourth-order valence-corrected chi connectivity index (χ4v) is 3.90. The minimum absolute atomic E-state index is 0.0519. The first-order valence-electron chi connectivity index (χ1n) is 6.98. The average molecular weight is 458 g/mol. The van der Waals surface area contributed by atoms with Crippen LogP contribution in [-0.2, 0) is 21.6 Å². The second-order valence-corrected chi connectivity index (χ2v) is 7.33. The molecule has 3 rings (SSSR count). The molecule has 2 unspecified atom stereocenters. The van der Waals surface area contributed by atoms with Crippen LogP contribution in [0.5, 0.6) is 5.75 Å². The molecule has 0 aromatic heterocycles. The fraction of sp³-hybridized carbons (Fsp3) is 0.118. The third-order valence-corrected chi connectivity index (χ3v) is 5.39. The highest BCUT2D eigenvalue weighted by atomic mass is 127. The molecule has 1 N–H and O–H groups in total. The Bertz CT molecular complexity index is 848. The highest BCUT2D eigenvalue weighted by Crippen LogP contribution is 2.44. The molecule has 4 nitrogen and oxygen atoms in total. The van der Waals surface area contributed by atoms with Gasteiger partial charge < -0.3 is 14.1 Å². The van der Waals surface area contributed by atoms with E-state index in [1.54, 1.807) is 24.3 Å². The van der Waals surface area contributed by atoms with Crippen molar-refractivity contribution in [2.75, 3.05) is 0 Å². The van der Waals surface area contributed by atoms with E-state index in [0.717, 1.165) is 17.4 Å². The van der Waals surface area contributed by atoms with E-state index in [1.807, 2.05) is 22.6 Å². The van der Waals surface area contributed by atoms with Crippen molar-refractivity contribution in [1.82, 2.24) is 0 Å². The van der Waals surface area contributed by atoms with Crippen LogP contribution in [-0.4, -0.2) is 15.0 Å². The number of aldehydes is 1. The van der Waals surface area contributed by atoms with Crippen molar-refractivity contribution in [2.45, 2.75) is 11.7 Å². The molecule has 0 saturated heterocycles. The Hall–Kier alpha value is -1.58. The Morgan fingerprint density at radius 1 is 1.25 bits per heavy atom. The summed E-state index contributed by atoms with van der Waals surface area (Å²) in [5, 5.41) is 0. The van der Waals surface area contributed by atoms with E-state index < -0.39 is 22.8 Å². The van der Waals surface area contributed by atoms with Crippen LogP contribution in [0.2, 0.25) is 0 Å². The standard InChI is InChI=1S/C17H12FIO4S/c18-12-5-6-15-13(7-12)14(8-20)16(19)17(23-15)11-3-1-10(2-4-11)9-24(21)22/h1-8,14H,9H2,(H,21,22). The minimum atomic E-state index is -1.90. The number of fused-ring (bicyclic) bond motifs is 1. The third kappa shape index (κ3) is 3.42. The molecule has 0 saturated carbocycles. The van der Waals surface area contributed by atoms with E-state index in [4.69, 9.17) is 9.29 Å². The summed E-state index contributed by atoms with van der Waals surface area (Å²) in [4.78, 5) is 11.5. The molecule has 1 aliphatic rings. The summed E-state index contributed by atoms with van der Waals surface area (Å²) in [6.07, 6.45) is 0.770. The quantitative estimate of drug-likeness (QED) is 0.427. The van der Waals surface area contributed by atoms with E-state index in [9.17, 15) is 13.4 Å². The lowest BCUT2D eigenvalue weighted by Gasteiger charge is -2.25. The van der Waals surface area contributed by atoms with Crippen LogP contribution < -0.4 is 4.74 Å². The van der Waals surface area contributed by atoms with Crippen molar-refractivity contribution in [2.24, 2.45) is 0 Å². The zero-order chi connectivity index (χ0) is 17.3. The van der Waals surface area contributed by atoms with Gasteiger partial charge in [-0.2, -0.15) is 0 Å². The molecule has 124 valence electrons. The number of ether oxygens (including phenoxy) is 1. The van der Waals surface area contributed by atoms with E-state index in [-0.39, 0.29) is 5.75 Å². The molecule has 7 heteroatoms. The van der Waals surface area contributed by atoms with Gasteiger partial charge >= 0.3 is 0 Å². The van der Waals surface area contributed by atoms with E-state index in [1.165, 1.54) is 18.2 Å². The normalized spacial score (nSPS) is 17.9. The number of allylic oxidation sites excluding steroid dienone is 1. The Morgan fingerprint density at radius 3 is 2.58 bits per heavy atom. The average Bonchev–Trinajstić information content (AvgIpc) is 2.55. The van der Waals surface area contributed by atoms with E-state index in [0.29, 0.717) is 20.7 Å². The highest BCUT2D eigenvalue weighted by Gasteiger charge is 2.29. The highest BCUT2D eigenvalue weighted by molar-refractivity contribution is 14.1. The van der Waals surface area contributed by atoms with Crippen molar-refractivity contribution >= 4 is 45.7 Å². The van der Waals surface area contributed by atoms with Crippen molar-refractivity contribution in [3.05, 3.63) is 68.6 Å². The Kier molecular flexibility index (Phi) is 5.12. The second kappa shape index (κ2) is 7.12. The van der Waals surface area contributed by atoms with Gasteiger partial charge in [0.2, 0.25) is 0 Å². The molecular formula is C17H12FIO4S. The van der Waals surface area contributed by atoms with Gasteiger partial charge in [0.25, 0.3) is 0 Å². The summed E-state index contributed by atoms with van der Waals surface area (Å²) in [6, 6.07) is 11.1. The van der Waals surface area contributed by atoms with Crippen LogP contribution in [0.3, 0.4) is 0 Å². The molecule has 0 amide bonds. The van der Waals surface area contributed by atoms with Crippen LogP contribution in [0.25, 0.3) is 5.76 Å². The number of benzene rings is 2. The summed E-state index contributed by atoms with van der Waals surface area (Å²) in [6.45, 7) is 0. The van der Waals surface area contributed by atoms with Gasteiger partial charge in [0, 0.05) is 14.7 Å². The molecule has 0 bridgehead atoms. The Morgan fingerprint density at radius 2 is 1.96 bits per heavy atom. The molecule has 24 heavy (non-hydrogen) atoms. The van der Waals surface area contributed by atoms with Gasteiger partial charge in [-0.1, -0.05) is 24.3 Å². The lowest BCUT2D eigenvalue weighted by atomic mass is 9.95. The first-order valence-corrected chi connectivity index (χ1v) is 9.34. The summed E-state index contributed by atoms with van der Waals surface area (Å²) in [5.74, 6) is 0.0342. The molecule has 2 atom stereocenters. The molecule has 2 aromatic rings.